The Labute approximate surface area is 215 Å². The Balaban J connectivity index is 1.79. The minimum atomic E-state index is -0.749. The molecule has 35 heavy (non-hydrogen) atoms. The topological polar surface area (TPSA) is 87.2 Å². The third kappa shape index (κ3) is 4.17. The van der Waals surface area contributed by atoms with Crippen LogP contribution in [0, 0.1) is 11.8 Å². The van der Waals surface area contributed by atoms with Crippen molar-refractivity contribution < 1.29 is 24.2 Å². The molecule has 3 saturated heterocycles. The van der Waals surface area contributed by atoms with Gasteiger partial charge in [0, 0.05) is 24.4 Å². The van der Waals surface area contributed by atoms with E-state index >= 15 is 0 Å². The first kappa shape index (κ1) is 26.0. The lowest BCUT2D eigenvalue weighted by atomic mass is 9.66. The van der Waals surface area contributed by atoms with Crippen molar-refractivity contribution in [3.63, 3.8) is 0 Å². The number of aliphatic hydroxyl groups is 1. The SMILES string of the molecule is C=CCN(C(=O)C1N(CCCCO)C(=O)[C@@H]2[C@H](C(=O)OCC)[C@]3(C)CCC12S3)c1ccccc1Cl. The minimum Gasteiger partial charge on any atom is -0.466 e. The number of hydrogen-bond acceptors (Lipinski definition) is 6. The van der Waals surface area contributed by atoms with Crippen LogP contribution in [0.3, 0.4) is 0 Å². The molecule has 0 saturated carbocycles. The summed E-state index contributed by atoms with van der Waals surface area (Å²) in [5.41, 5.74) is 0.562. The van der Waals surface area contributed by atoms with E-state index in [-0.39, 0.29) is 37.5 Å². The second-order valence-corrected chi connectivity index (χ2v) is 11.9. The van der Waals surface area contributed by atoms with Gasteiger partial charge in [-0.15, -0.1) is 18.3 Å². The smallest absolute Gasteiger partial charge is 0.311 e. The number of fused-ring (bicyclic) bond motifs is 1. The van der Waals surface area contributed by atoms with Gasteiger partial charge >= 0.3 is 5.97 Å². The highest BCUT2D eigenvalue weighted by molar-refractivity contribution is 8.02. The maximum atomic E-state index is 14.4. The van der Waals surface area contributed by atoms with Crippen LogP contribution in [-0.2, 0) is 19.1 Å². The van der Waals surface area contributed by atoms with Gasteiger partial charge in [0.2, 0.25) is 5.91 Å². The zero-order valence-electron chi connectivity index (χ0n) is 20.2. The third-order valence-corrected chi connectivity index (χ3v) is 9.88. The molecule has 1 spiro atoms. The zero-order valence-corrected chi connectivity index (χ0v) is 21.8. The van der Waals surface area contributed by atoms with E-state index in [0.717, 1.165) is 6.42 Å². The van der Waals surface area contributed by atoms with Crippen LogP contribution < -0.4 is 4.90 Å². The number of unbranched alkanes of at least 4 members (excludes halogenated alkanes) is 1. The van der Waals surface area contributed by atoms with Crippen molar-refractivity contribution in [3.05, 3.63) is 41.9 Å². The molecule has 0 aromatic heterocycles. The molecule has 0 radical (unpaired) electrons. The normalized spacial score (nSPS) is 30.9. The van der Waals surface area contributed by atoms with E-state index in [1.54, 1.807) is 52.8 Å². The predicted molar refractivity (Wildman–Crippen MR) is 137 cm³/mol. The molecule has 1 aromatic rings. The number of amides is 2. The fraction of sp³-hybridized carbons (Fsp3) is 0.577. The Kier molecular flexibility index (Phi) is 7.55. The van der Waals surface area contributed by atoms with Gasteiger partial charge in [0.25, 0.3) is 5.91 Å². The van der Waals surface area contributed by atoms with Gasteiger partial charge in [-0.25, -0.2) is 0 Å². The van der Waals surface area contributed by atoms with E-state index in [1.165, 1.54) is 0 Å². The van der Waals surface area contributed by atoms with Crippen LogP contribution in [0.4, 0.5) is 5.69 Å². The highest BCUT2D eigenvalue weighted by atomic mass is 35.5. The lowest BCUT2D eigenvalue weighted by molar-refractivity contribution is -0.155. The Hall–Kier alpha value is -2.03. The molecule has 1 N–H and O–H groups in total. The average molecular weight is 521 g/mol. The first-order chi connectivity index (χ1) is 16.8. The van der Waals surface area contributed by atoms with Crippen molar-refractivity contribution in [3.8, 4) is 0 Å². The quantitative estimate of drug-likeness (QED) is 0.288. The molecule has 4 rings (SSSR count). The molecule has 3 heterocycles. The highest BCUT2D eigenvalue weighted by Gasteiger charge is 2.77. The zero-order chi connectivity index (χ0) is 25.4. The van der Waals surface area contributed by atoms with E-state index in [4.69, 9.17) is 16.3 Å². The van der Waals surface area contributed by atoms with Crippen LogP contribution in [0.25, 0.3) is 0 Å². The second kappa shape index (κ2) is 10.1. The molecule has 3 aliphatic heterocycles. The molecule has 5 atom stereocenters. The van der Waals surface area contributed by atoms with Crippen molar-refractivity contribution in [2.24, 2.45) is 11.8 Å². The summed E-state index contributed by atoms with van der Waals surface area (Å²) in [7, 11) is 0. The van der Waals surface area contributed by atoms with Gasteiger partial charge in [-0.05, 0) is 51.7 Å². The van der Waals surface area contributed by atoms with Gasteiger partial charge in [-0.3, -0.25) is 14.4 Å². The first-order valence-corrected chi connectivity index (χ1v) is 13.4. The van der Waals surface area contributed by atoms with Crippen molar-refractivity contribution in [2.75, 3.05) is 31.2 Å². The maximum Gasteiger partial charge on any atom is 0.311 e. The van der Waals surface area contributed by atoms with Crippen molar-refractivity contribution in [1.82, 2.24) is 4.90 Å². The molecular formula is C26H33ClN2O5S. The van der Waals surface area contributed by atoms with Crippen LogP contribution >= 0.6 is 23.4 Å². The number of para-hydroxylation sites is 1. The number of ether oxygens (including phenoxy) is 1. The Morgan fingerprint density at radius 3 is 2.74 bits per heavy atom. The summed E-state index contributed by atoms with van der Waals surface area (Å²) >= 11 is 8.09. The highest BCUT2D eigenvalue weighted by Crippen LogP contribution is 2.71. The monoisotopic (exact) mass is 520 g/mol. The number of halogens is 1. The van der Waals surface area contributed by atoms with Gasteiger partial charge in [-0.1, -0.05) is 29.8 Å². The van der Waals surface area contributed by atoms with Gasteiger partial charge in [0.15, 0.2) is 0 Å². The third-order valence-electron chi connectivity index (χ3n) is 7.58. The van der Waals surface area contributed by atoms with Crippen LogP contribution in [-0.4, -0.2) is 69.6 Å². The molecular weight excluding hydrogens is 488 g/mol. The summed E-state index contributed by atoms with van der Waals surface area (Å²) in [6, 6.07) is 6.39. The summed E-state index contributed by atoms with van der Waals surface area (Å²) in [5, 5.41) is 9.76. The van der Waals surface area contributed by atoms with Crippen LogP contribution in [0.2, 0.25) is 5.02 Å². The Morgan fingerprint density at radius 2 is 2.09 bits per heavy atom. The van der Waals surface area contributed by atoms with Crippen LogP contribution in [0.15, 0.2) is 36.9 Å². The number of nitrogens with zero attached hydrogens (tertiary/aromatic N) is 2. The predicted octanol–water partition coefficient (Wildman–Crippen LogP) is 3.68. The number of hydrogen-bond donors (Lipinski definition) is 1. The summed E-state index contributed by atoms with van der Waals surface area (Å²) in [6.07, 6.45) is 4.12. The minimum absolute atomic E-state index is 0.00962. The number of esters is 1. The summed E-state index contributed by atoms with van der Waals surface area (Å²) in [5.74, 6) is -1.97. The van der Waals surface area contributed by atoms with E-state index in [9.17, 15) is 19.5 Å². The average Bonchev–Trinajstić information content (AvgIpc) is 3.39. The van der Waals surface area contributed by atoms with E-state index in [1.807, 2.05) is 13.0 Å². The van der Waals surface area contributed by atoms with Crippen LogP contribution in [0.1, 0.15) is 39.5 Å². The van der Waals surface area contributed by atoms with Gasteiger partial charge in [0.1, 0.15) is 6.04 Å². The molecule has 2 bridgehead atoms. The Morgan fingerprint density at radius 1 is 1.34 bits per heavy atom. The lowest BCUT2D eigenvalue weighted by Gasteiger charge is -2.37. The summed E-state index contributed by atoms with van der Waals surface area (Å²) in [6.45, 7) is 8.44. The number of carbonyl (C=O) groups excluding carboxylic acids is 3. The van der Waals surface area contributed by atoms with Crippen molar-refractivity contribution in [2.45, 2.75) is 55.1 Å². The molecule has 2 amide bonds. The Bertz CT molecular complexity index is 1020. The summed E-state index contributed by atoms with van der Waals surface area (Å²) in [4.78, 5) is 44.7. The fourth-order valence-corrected chi connectivity index (χ4v) is 8.76. The molecule has 3 aliphatic rings. The molecule has 190 valence electrons. The molecule has 0 aliphatic carbocycles. The van der Waals surface area contributed by atoms with E-state index in [2.05, 4.69) is 6.58 Å². The lowest BCUT2D eigenvalue weighted by Crippen LogP contribution is -2.55. The largest absolute Gasteiger partial charge is 0.466 e. The standard InChI is InChI=1S/C26H33ClN2O5S/c1-4-14-28(18-11-7-6-10-17(18)27)23(32)21-26-13-12-25(3,35-26)20(24(33)34-5-2)19(26)22(31)29(21)15-8-9-16-30/h4,6-7,10-11,19-21,30H,1,5,8-9,12-16H2,2-3H3/t19-,20+,21?,25-,26?/m0/s1. The van der Waals surface area contributed by atoms with E-state index < -0.39 is 27.4 Å². The number of thioether (sulfide) groups is 1. The van der Waals surface area contributed by atoms with Gasteiger partial charge in [-0.2, -0.15) is 0 Å². The number of benzene rings is 1. The fourth-order valence-electron chi connectivity index (χ4n) is 6.18. The first-order valence-electron chi connectivity index (χ1n) is 12.2. The number of rotatable bonds is 10. The van der Waals surface area contributed by atoms with Gasteiger partial charge in [0.05, 0.1) is 33.9 Å². The molecule has 2 unspecified atom stereocenters. The molecule has 1 aromatic carbocycles. The van der Waals surface area contributed by atoms with Crippen LogP contribution in [0.5, 0.6) is 0 Å². The number of carbonyl (C=O) groups is 3. The number of aliphatic hydroxyl groups excluding tert-OH is 1. The van der Waals surface area contributed by atoms with E-state index in [0.29, 0.717) is 36.5 Å². The number of likely N-dealkylation sites (tertiary alicyclic amines) is 1. The molecule has 7 nitrogen and oxygen atoms in total. The van der Waals surface area contributed by atoms with Crippen molar-refractivity contribution >= 4 is 46.8 Å². The van der Waals surface area contributed by atoms with Crippen molar-refractivity contribution in [1.29, 1.82) is 0 Å². The number of anilines is 1. The molecule has 9 heteroatoms. The van der Waals surface area contributed by atoms with Gasteiger partial charge < -0.3 is 19.6 Å². The summed E-state index contributed by atoms with van der Waals surface area (Å²) < 4.78 is 4.23. The second-order valence-electron chi connectivity index (χ2n) is 9.63. The molecule has 3 fully saturated rings. The maximum absolute atomic E-state index is 14.4.